The van der Waals surface area contributed by atoms with E-state index in [1.165, 1.54) is 89.7 Å². The van der Waals surface area contributed by atoms with E-state index in [9.17, 15) is 0 Å². The van der Waals surface area contributed by atoms with Gasteiger partial charge in [-0.1, -0.05) is 100 Å². The lowest BCUT2D eigenvalue weighted by molar-refractivity contribution is -0.0451. The third-order valence-corrected chi connectivity index (χ3v) is 14.0. The predicted molar refractivity (Wildman–Crippen MR) is 206 cm³/mol. The molecule has 5 aromatic rings. The zero-order chi connectivity index (χ0) is 33.8. The quantitative estimate of drug-likeness (QED) is 0.191. The number of anilines is 3. The summed E-state index contributed by atoms with van der Waals surface area (Å²) in [5.41, 5.74) is 12.2. The second-order valence-electron chi connectivity index (χ2n) is 17.7. The predicted octanol–water partition coefficient (Wildman–Crippen LogP) is 13.0. The van der Waals surface area contributed by atoms with E-state index in [1.807, 2.05) is 0 Å². The molecular formula is C48H49NO. The molecule has 11 rings (SSSR count). The van der Waals surface area contributed by atoms with Crippen LogP contribution in [-0.2, 0) is 16.2 Å². The van der Waals surface area contributed by atoms with Gasteiger partial charge in [0.2, 0.25) is 0 Å². The van der Waals surface area contributed by atoms with Gasteiger partial charge in [-0.05, 0) is 144 Å². The maximum Gasteiger partial charge on any atom is 0.155 e. The van der Waals surface area contributed by atoms with Gasteiger partial charge in [0.1, 0.15) is 5.75 Å². The number of nitrogens with zero attached hydrogens (tertiary/aromatic N) is 1. The van der Waals surface area contributed by atoms with Crippen LogP contribution in [0.4, 0.5) is 17.1 Å². The largest absolute Gasteiger partial charge is 0.455 e. The first-order valence-corrected chi connectivity index (χ1v) is 19.2. The summed E-state index contributed by atoms with van der Waals surface area (Å²) in [6, 6.07) is 43.4. The Balaban J connectivity index is 1.20. The van der Waals surface area contributed by atoms with E-state index in [4.69, 9.17) is 4.74 Å². The van der Waals surface area contributed by atoms with Crippen LogP contribution in [0.3, 0.4) is 0 Å². The van der Waals surface area contributed by atoms with E-state index in [0.29, 0.717) is 11.8 Å². The number of ether oxygens (including phenoxy) is 1. The van der Waals surface area contributed by atoms with E-state index < -0.39 is 0 Å². The van der Waals surface area contributed by atoms with Crippen molar-refractivity contribution in [3.8, 4) is 22.6 Å². The average Bonchev–Trinajstić information content (AvgIpc) is 3.13. The van der Waals surface area contributed by atoms with Gasteiger partial charge in [-0.25, -0.2) is 0 Å². The minimum atomic E-state index is -0.0403. The summed E-state index contributed by atoms with van der Waals surface area (Å²) < 4.78 is 7.30. The molecule has 252 valence electrons. The van der Waals surface area contributed by atoms with Crippen LogP contribution in [0.2, 0.25) is 0 Å². The number of rotatable bonds is 4. The van der Waals surface area contributed by atoms with Crippen LogP contribution in [0.5, 0.6) is 11.5 Å². The zero-order valence-electron chi connectivity index (χ0n) is 30.1. The Hall–Kier alpha value is -4.30. The van der Waals surface area contributed by atoms with Crippen LogP contribution in [-0.4, -0.2) is 0 Å². The Morgan fingerprint density at radius 3 is 1.88 bits per heavy atom. The molecule has 0 saturated heterocycles. The monoisotopic (exact) mass is 655 g/mol. The van der Waals surface area contributed by atoms with Crippen molar-refractivity contribution in [1.29, 1.82) is 0 Å². The summed E-state index contributed by atoms with van der Waals surface area (Å²) in [6.07, 6.45) is 9.20. The molecule has 0 unspecified atom stereocenters. The third kappa shape index (κ3) is 4.39. The smallest absolute Gasteiger partial charge is 0.155 e. The molecule has 0 radical (unpaired) electrons. The van der Waals surface area contributed by atoms with Crippen LogP contribution < -0.4 is 9.64 Å². The maximum atomic E-state index is 7.30. The van der Waals surface area contributed by atoms with Crippen LogP contribution >= 0.6 is 0 Å². The number of benzene rings is 5. The molecule has 5 aliphatic carbocycles. The Morgan fingerprint density at radius 1 is 0.520 bits per heavy atom. The van der Waals surface area contributed by atoms with E-state index in [2.05, 4.69) is 148 Å². The molecule has 0 aromatic heterocycles. The average molecular weight is 656 g/mol. The van der Waals surface area contributed by atoms with E-state index in [0.717, 1.165) is 29.0 Å². The molecule has 1 spiro atoms. The molecular weight excluding hydrogens is 607 g/mol. The first-order valence-electron chi connectivity index (χ1n) is 19.2. The molecule has 0 atom stereocenters. The van der Waals surface area contributed by atoms with Crippen LogP contribution in [0.25, 0.3) is 11.1 Å². The van der Waals surface area contributed by atoms with Crippen molar-refractivity contribution < 1.29 is 4.74 Å². The molecule has 6 aliphatic rings. The van der Waals surface area contributed by atoms with E-state index in [1.54, 1.807) is 0 Å². The molecule has 5 aromatic carbocycles. The Morgan fingerprint density at radius 2 is 1.18 bits per heavy atom. The summed E-state index contributed by atoms with van der Waals surface area (Å²) in [6.45, 7) is 9.70. The minimum absolute atomic E-state index is 0.0403. The highest BCUT2D eigenvalue weighted by atomic mass is 16.5. The topological polar surface area (TPSA) is 12.5 Å². The lowest BCUT2D eigenvalue weighted by Gasteiger charge is -2.63. The number of hydrogen-bond donors (Lipinski definition) is 0. The number of para-hydroxylation sites is 2. The molecule has 0 N–H and O–H groups in total. The van der Waals surface area contributed by atoms with Crippen LogP contribution in [0.1, 0.15) is 94.9 Å². The first kappa shape index (κ1) is 30.5. The van der Waals surface area contributed by atoms with Crippen molar-refractivity contribution in [2.75, 3.05) is 4.90 Å². The fourth-order valence-corrected chi connectivity index (χ4v) is 11.7. The minimum Gasteiger partial charge on any atom is -0.455 e. The second kappa shape index (κ2) is 10.8. The molecule has 1 aliphatic heterocycles. The maximum absolute atomic E-state index is 7.30. The van der Waals surface area contributed by atoms with Crippen molar-refractivity contribution in [2.45, 2.75) is 88.9 Å². The van der Waals surface area contributed by atoms with Gasteiger partial charge in [0.15, 0.2) is 5.75 Å². The van der Waals surface area contributed by atoms with Crippen molar-refractivity contribution in [3.05, 3.63) is 138 Å². The Bertz CT molecular complexity index is 2080. The molecule has 2 nitrogen and oxygen atoms in total. The van der Waals surface area contributed by atoms with Crippen molar-refractivity contribution >= 4 is 17.1 Å². The third-order valence-electron chi connectivity index (χ3n) is 14.0. The summed E-state index contributed by atoms with van der Waals surface area (Å²) in [5.74, 6) is 5.14. The van der Waals surface area contributed by atoms with Gasteiger partial charge in [0, 0.05) is 27.9 Å². The highest BCUT2D eigenvalue weighted by Gasteiger charge is 2.61. The summed E-state index contributed by atoms with van der Waals surface area (Å²) in [5, 5.41) is 0. The molecule has 4 fully saturated rings. The van der Waals surface area contributed by atoms with Gasteiger partial charge < -0.3 is 9.64 Å². The fourth-order valence-electron chi connectivity index (χ4n) is 11.7. The van der Waals surface area contributed by atoms with Crippen molar-refractivity contribution in [3.63, 3.8) is 0 Å². The summed E-state index contributed by atoms with van der Waals surface area (Å²) >= 11 is 0. The molecule has 4 saturated carbocycles. The fraction of sp³-hybridized carbons (Fsp3) is 0.375. The highest BCUT2D eigenvalue weighted by Crippen LogP contribution is 2.70. The van der Waals surface area contributed by atoms with E-state index >= 15 is 0 Å². The van der Waals surface area contributed by atoms with Gasteiger partial charge >= 0.3 is 0 Å². The van der Waals surface area contributed by atoms with Gasteiger partial charge in [-0.15, -0.1) is 0 Å². The van der Waals surface area contributed by atoms with Gasteiger partial charge in [0.05, 0.1) is 5.69 Å². The van der Waals surface area contributed by atoms with Gasteiger partial charge in [-0.3, -0.25) is 0 Å². The van der Waals surface area contributed by atoms with Crippen molar-refractivity contribution in [2.24, 2.45) is 23.7 Å². The summed E-state index contributed by atoms with van der Waals surface area (Å²) in [7, 11) is 0. The Kier molecular flexibility index (Phi) is 6.62. The summed E-state index contributed by atoms with van der Waals surface area (Å²) in [4.78, 5) is 2.49. The lowest BCUT2D eigenvalue weighted by Crippen LogP contribution is -2.57. The van der Waals surface area contributed by atoms with Gasteiger partial charge in [0.25, 0.3) is 0 Å². The lowest BCUT2D eigenvalue weighted by atomic mass is 9.41. The molecule has 0 amide bonds. The molecule has 1 heterocycles. The van der Waals surface area contributed by atoms with Crippen LogP contribution in [0.15, 0.2) is 115 Å². The number of hydrogen-bond acceptors (Lipinski definition) is 2. The Labute approximate surface area is 298 Å². The number of fused-ring (bicyclic) bond motifs is 3. The van der Waals surface area contributed by atoms with Crippen molar-refractivity contribution in [1.82, 2.24) is 0 Å². The first-order chi connectivity index (χ1) is 24.2. The molecule has 50 heavy (non-hydrogen) atoms. The molecule has 2 heteroatoms. The molecule has 4 bridgehead atoms. The van der Waals surface area contributed by atoms with Gasteiger partial charge in [-0.2, -0.15) is 0 Å². The standard InChI is InChI=1S/C48H49NO/c1-46(2)22-23-47(3,4)41-30-38(19-20-39(41)46)49(37-14-9-6-10-15-37)43-17-11-16-40-45(43)50-44-21-18-34(33-12-7-5-8-13-33)29-42(44)48(40)35-25-31-24-32(27-35)28-36(48)26-31/h5-21,29-32,35-36H,22-28H2,1-4H3. The zero-order valence-corrected chi connectivity index (χ0v) is 30.1. The van der Waals surface area contributed by atoms with E-state index in [-0.39, 0.29) is 16.2 Å². The normalized spacial score (nSPS) is 27.6. The SMILES string of the molecule is CC1(C)CCC(C)(C)c2cc(N(c3ccccc3)c3cccc4c3Oc3ccc(-c5ccccc5)cc3C43C4CC5CC(C4)CC3C5)ccc21. The second-order valence-corrected chi connectivity index (χ2v) is 17.7. The van der Waals surface area contributed by atoms with Crippen LogP contribution in [0, 0.1) is 23.7 Å². The highest BCUT2D eigenvalue weighted by molar-refractivity contribution is 5.84.